The third-order valence-corrected chi connectivity index (χ3v) is 7.35. The van der Waals surface area contributed by atoms with Gasteiger partial charge >= 0.3 is 0 Å². The lowest BCUT2D eigenvalue weighted by molar-refractivity contribution is -0.903. The van der Waals surface area contributed by atoms with E-state index in [-0.39, 0.29) is 0 Å². The highest BCUT2D eigenvalue weighted by atomic mass is 31.1. The number of rotatable bonds is 8. The lowest BCUT2D eigenvalue weighted by Gasteiger charge is -2.30. The summed E-state index contributed by atoms with van der Waals surface area (Å²) in [6, 6.07) is 31.2. The Morgan fingerprint density at radius 2 is 1.26 bits per heavy atom. The molecule has 0 aliphatic heterocycles. The first-order valence-electron chi connectivity index (χ1n) is 9.90. The van der Waals surface area contributed by atoms with E-state index in [1.165, 1.54) is 40.9 Å². The van der Waals surface area contributed by atoms with E-state index in [4.69, 9.17) is 0 Å². The van der Waals surface area contributed by atoms with Gasteiger partial charge in [-0.1, -0.05) is 92.2 Å². The van der Waals surface area contributed by atoms with Crippen molar-refractivity contribution in [1.82, 2.24) is 0 Å². The Morgan fingerprint density at radius 1 is 0.704 bits per heavy atom. The third kappa shape index (κ3) is 5.51. The van der Waals surface area contributed by atoms with E-state index in [9.17, 15) is 0 Å². The van der Waals surface area contributed by atoms with Crippen molar-refractivity contribution < 1.29 is 4.48 Å². The van der Waals surface area contributed by atoms with Crippen LogP contribution in [0.3, 0.4) is 0 Å². The summed E-state index contributed by atoms with van der Waals surface area (Å²) in [4.78, 5) is 0. The van der Waals surface area contributed by atoms with Crippen molar-refractivity contribution in [2.45, 2.75) is 26.3 Å². The smallest absolute Gasteiger partial charge is 0.104 e. The molecule has 0 radical (unpaired) electrons. The van der Waals surface area contributed by atoms with Crippen LogP contribution in [-0.4, -0.2) is 25.1 Å². The Morgan fingerprint density at radius 3 is 1.81 bits per heavy atom. The van der Waals surface area contributed by atoms with Crippen molar-refractivity contribution in [1.29, 1.82) is 0 Å². The molecule has 0 unspecified atom stereocenters. The van der Waals surface area contributed by atoms with E-state index < -0.39 is 7.92 Å². The van der Waals surface area contributed by atoms with E-state index in [2.05, 4.69) is 106 Å². The Bertz CT molecular complexity index is 788. The summed E-state index contributed by atoms with van der Waals surface area (Å²) in [7, 11) is 4.17. The largest absolute Gasteiger partial charge is 0.325 e. The zero-order chi connectivity index (χ0) is 19.1. The summed E-state index contributed by atoms with van der Waals surface area (Å²) in [6.45, 7) is 4.58. The zero-order valence-corrected chi connectivity index (χ0v) is 17.7. The molecule has 0 amide bonds. The lowest BCUT2D eigenvalue weighted by Crippen LogP contribution is -2.39. The van der Waals surface area contributed by atoms with Crippen molar-refractivity contribution in [2.75, 3.05) is 20.6 Å². The summed E-state index contributed by atoms with van der Waals surface area (Å²) < 4.78 is 1.05. The Hall–Kier alpha value is -1.95. The number of hydrogen-bond donors (Lipinski definition) is 0. The molecule has 0 saturated heterocycles. The van der Waals surface area contributed by atoms with Gasteiger partial charge in [-0.25, -0.2) is 0 Å². The lowest BCUT2D eigenvalue weighted by atomic mass is 10.2. The highest BCUT2D eigenvalue weighted by Crippen LogP contribution is 2.33. The van der Waals surface area contributed by atoms with Gasteiger partial charge in [-0.05, 0) is 36.3 Å². The first kappa shape index (κ1) is 19.8. The van der Waals surface area contributed by atoms with Crippen LogP contribution in [0.2, 0.25) is 0 Å². The van der Waals surface area contributed by atoms with E-state index in [0.717, 1.165) is 11.0 Å². The summed E-state index contributed by atoms with van der Waals surface area (Å²) in [5.74, 6) is 0. The van der Waals surface area contributed by atoms with E-state index in [1.54, 1.807) is 0 Å². The van der Waals surface area contributed by atoms with Crippen molar-refractivity contribution in [3.8, 4) is 0 Å². The summed E-state index contributed by atoms with van der Waals surface area (Å²) in [5, 5.41) is 4.27. The fourth-order valence-electron chi connectivity index (χ4n) is 3.55. The molecular formula is C25H31NP+. The predicted octanol–water partition coefficient (Wildman–Crippen LogP) is 4.82. The van der Waals surface area contributed by atoms with Crippen LogP contribution in [0.5, 0.6) is 0 Å². The molecule has 3 aromatic carbocycles. The monoisotopic (exact) mass is 376 g/mol. The molecule has 0 fully saturated rings. The quantitative estimate of drug-likeness (QED) is 0.390. The van der Waals surface area contributed by atoms with Crippen LogP contribution in [0.25, 0.3) is 0 Å². The number of benzene rings is 3. The zero-order valence-electron chi connectivity index (χ0n) is 16.8. The molecule has 0 spiro atoms. The van der Waals surface area contributed by atoms with Gasteiger partial charge in [0, 0.05) is 5.56 Å². The van der Waals surface area contributed by atoms with Gasteiger partial charge in [0.1, 0.15) is 6.54 Å². The van der Waals surface area contributed by atoms with Gasteiger partial charge in [-0.3, -0.25) is 0 Å². The molecule has 2 heteroatoms. The second kappa shape index (κ2) is 9.31. The molecule has 140 valence electrons. The standard InChI is InChI=1S/C25H31NP/c1-4-5-19-26(2,3)21-22-13-12-18-25(20-22)27(23-14-8-6-9-15-23)24-16-10-7-11-17-24/h6-18,20H,4-5,19,21H2,1-3H3/q+1. The van der Waals surface area contributed by atoms with Crippen LogP contribution in [0.1, 0.15) is 25.3 Å². The van der Waals surface area contributed by atoms with Crippen molar-refractivity contribution in [3.05, 3.63) is 90.5 Å². The maximum atomic E-state index is 2.44. The molecule has 0 atom stereocenters. The first-order chi connectivity index (χ1) is 13.1. The minimum absolute atomic E-state index is 0.522. The molecule has 27 heavy (non-hydrogen) atoms. The molecule has 0 N–H and O–H groups in total. The van der Waals surface area contributed by atoms with Crippen LogP contribution in [-0.2, 0) is 6.54 Å². The molecule has 0 aliphatic carbocycles. The molecule has 0 aromatic heterocycles. The van der Waals surface area contributed by atoms with Gasteiger partial charge in [0.25, 0.3) is 0 Å². The summed E-state index contributed by atoms with van der Waals surface area (Å²) >= 11 is 0. The fraction of sp³-hybridized carbons (Fsp3) is 0.280. The molecule has 0 saturated carbocycles. The Kier molecular flexibility index (Phi) is 6.83. The SMILES string of the molecule is CCCC[N+](C)(C)Cc1cccc(P(c2ccccc2)c2ccccc2)c1. The highest BCUT2D eigenvalue weighted by molar-refractivity contribution is 7.79. The fourth-order valence-corrected chi connectivity index (χ4v) is 5.92. The molecule has 0 aliphatic rings. The minimum atomic E-state index is -0.522. The van der Waals surface area contributed by atoms with Crippen LogP contribution in [0, 0.1) is 0 Å². The maximum absolute atomic E-state index is 2.44. The average molecular weight is 377 g/mol. The maximum Gasteiger partial charge on any atom is 0.104 e. The molecule has 3 aromatic rings. The van der Waals surface area contributed by atoms with Gasteiger partial charge in [0.2, 0.25) is 0 Å². The van der Waals surface area contributed by atoms with Crippen LogP contribution in [0.15, 0.2) is 84.9 Å². The highest BCUT2D eigenvalue weighted by Gasteiger charge is 2.19. The number of quaternary nitrogens is 1. The predicted molar refractivity (Wildman–Crippen MR) is 121 cm³/mol. The number of unbranched alkanes of at least 4 members (excludes halogenated alkanes) is 1. The van der Waals surface area contributed by atoms with Gasteiger partial charge in [-0.15, -0.1) is 0 Å². The van der Waals surface area contributed by atoms with Crippen LogP contribution >= 0.6 is 7.92 Å². The van der Waals surface area contributed by atoms with E-state index in [0.29, 0.717) is 0 Å². The van der Waals surface area contributed by atoms with Crippen LogP contribution < -0.4 is 15.9 Å². The normalized spacial score (nSPS) is 11.7. The van der Waals surface area contributed by atoms with Crippen molar-refractivity contribution in [3.63, 3.8) is 0 Å². The van der Waals surface area contributed by atoms with Crippen molar-refractivity contribution >= 4 is 23.8 Å². The minimum Gasteiger partial charge on any atom is -0.325 e. The summed E-state index contributed by atoms with van der Waals surface area (Å²) in [5.41, 5.74) is 1.44. The van der Waals surface area contributed by atoms with Gasteiger partial charge in [0.15, 0.2) is 0 Å². The van der Waals surface area contributed by atoms with Gasteiger partial charge in [-0.2, -0.15) is 0 Å². The first-order valence-corrected chi connectivity index (χ1v) is 11.2. The average Bonchev–Trinajstić information content (AvgIpc) is 2.68. The number of nitrogens with zero attached hydrogens (tertiary/aromatic N) is 1. The van der Waals surface area contributed by atoms with E-state index >= 15 is 0 Å². The van der Waals surface area contributed by atoms with Crippen LogP contribution in [0.4, 0.5) is 0 Å². The Labute approximate surface area is 166 Å². The Balaban J connectivity index is 1.94. The van der Waals surface area contributed by atoms with E-state index in [1.807, 2.05) is 0 Å². The topological polar surface area (TPSA) is 0 Å². The molecular weight excluding hydrogens is 345 g/mol. The molecule has 1 nitrogen and oxygen atoms in total. The second-order valence-corrected chi connectivity index (χ2v) is 10.1. The number of hydrogen-bond acceptors (Lipinski definition) is 0. The molecule has 0 bridgehead atoms. The second-order valence-electron chi connectivity index (χ2n) is 7.85. The molecule has 3 rings (SSSR count). The molecule has 0 heterocycles. The van der Waals surface area contributed by atoms with Gasteiger partial charge in [0.05, 0.1) is 20.6 Å². The summed E-state index contributed by atoms with van der Waals surface area (Å²) in [6.07, 6.45) is 2.54. The van der Waals surface area contributed by atoms with Crippen molar-refractivity contribution in [2.24, 2.45) is 0 Å². The van der Waals surface area contributed by atoms with Gasteiger partial charge < -0.3 is 4.48 Å². The third-order valence-electron chi connectivity index (χ3n) is 4.93.